The van der Waals surface area contributed by atoms with Crippen LogP contribution in [0.4, 0.5) is 9.52 Å². The fraction of sp³-hybridized carbons (Fsp3) is 0.147. The molecule has 0 bridgehead atoms. The molecule has 5 aromatic rings. The molecule has 1 aliphatic heterocycles. The van der Waals surface area contributed by atoms with E-state index >= 15 is 0 Å². The van der Waals surface area contributed by atoms with Crippen molar-refractivity contribution in [3.63, 3.8) is 0 Å². The number of para-hydroxylation sites is 1. The van der Waals surface area contributed by atoms with Gasteiger partial charge >= 0.3 is 5.91 Å². The van der Waals surface area contributed by atoms with E-state index in [0.29, 0.717) is 45.2 Å². The van der Waals surface area contributed by atoms with Crippen molar-refractivity contribution in [2.24, 2.45) is 0 Å². The highest BCUT2D eigenvalue weighted by Crippen LogP contribution is 2.45. The van der Waals surface area contributed by atoms with Crippen LogP contribution in [0.15, 0.2) is 103 Å². The lowest BCUT2D eigenvalue weighted by Crippen LogP contribution is -2.29. The Labute approximate surface area is 251 Å². The van der Waals surface area contributed by atoms with Gasteiger partial charge in [0.15, 0.2) is 5.13 Å². The molecule has 0 aliphatic carbocycles. The second-order valence-corrected chi connectivity index (χ2v) is 11.0. The van der Waals surface area contributed by atoms with Gasteiger partial charge in [0.1, 0.15) is 28.8 Å². The van der Waals surface area contributed by atoms with Crippen molar-refractivity contribution >= 4 is 44.1 Å². The maximum Gasteiger partial charge on any atom is 0.301 e. The molecule has 216 valence electrons. The van der Waals surface area contributed by atoms with E-state index in [4.69, 9.17) is 9.47 Å². The zero-order valence-electron chi connectivity index (χ0n) is 23.2. The summed E-state index contributed by atoms with van der Waals surface area (Å²) in [5, 5.41) is 11.8. The van der Waals surface area contributed by atoms with Crippen LogP contribution in [0.25, 0.3) is 16.0 Å². The van der Waals surface area contributed by atoms with Gasteiger partial charge in [0, 0.05) is 5.56 Å². The molecule has 0 saturated carbocycles. The summed E-state index contributed by atoms with van der Waals surface area (Å²) >= 11 is 1.09. The minimum atomic E-state index is -1.03. The molecule has 1 aliphatic rings. The first-order valence-electron chi connectivity index (χ1n) is 13.9. The number of amides is 1. The molecule has 1 N–H and O–H groups in total. The molecule has 1 unspecified atom stereocenters. The molecule has 4 aromatic carbocycles. The van der Waals surface area contributed by atoms with Crippen LogP contribution in [0, 0.1) is 5.82 Å². The molecule has 1 aromatic heterocycles. The van der Waals surface area contributed by atoms with Gasteiger partial charge in [-0.2, -0.15) is 0 Å². The van der Waals surface area contributed by atoms with Crippen molar-refractivity contribution in [3.8, 4) is 17.2 Å². The zero-order chi connectivity index (χ0) is 29.9. The second kappa shape index (κ2) is 12.1. The average Bonchev–Trinajstić information content (AvgIpc) is 3.55. The molecule has 1 fully saturated rings. The van der Waals surface area contributed by atoms with E-state index in [0.717, 1.165) is 24.2 Å². The number of Topliss-reactive ketones (excluding diaryl/α,β-unsaturated/α-hetero) is 1. The van der Waals surface area contributed by atoms with E-state index in [1.54, 1.807) is 48.5 Å². The van der Waals surface area contributed by atoms with Crippen LogP contribution >= 0.6 is 11.3 Å². The number of aromatic nitrogens is 1. The van der Waals surface area contributed by atoms with Crippen LogP contribution < -0.4 is 14.4 Å². The Balaban J connectivity index is 1.48. The van der Waals surface area contributed by atoms with Crippen molar-refractivity contribution in [1.82, 2.24) is 4.98 Å². The van der Waals surface area contributed by atoms with Gasteiger partial charge in [-0.05, 0) is 66.6 Å². The normalized spacial score (nSPS) is 16.1. The van der Waals surface area contributed by atoms with E-state index in [2.05, 4.69) is 11.9 Å². The molecular formula is C34H27FN2O5S. The lowest BCUT2D eigenvalue weighted by Gasteiger charge is -2.23. The first kappa shape index (κ1) is 28.1. The Hall–Kier alpha value is -5.02. The van der Waals surface area contributed by atoms with Crippen LogP contribution in [0.1, 0.15) is 36.9 Å². The standard InChI is InChI=1S/C34H27FN2O5S/c1-2-3-17-41-25-13-8-10-22(19-25)31(38)29-30(21-9-7-14-26(18-21)42-24-11-5-4-6-12-24)37(33(40)32(29)39)34-36-27-16-15-23(35)20-28(27)43-34/h4-16,18-20,30,38H,2-3,17H2,1H3/b31-29+. The number of rotatable bonds is 9. The monoisotopic (exact) mass is 594 g/mol. The number of unbranched alkanes of at least 4 members (excludes halogenated alkanes) is 1. The highest BCUT2D eigenvalue weighted by Gasteiger charge is 2.48. The smallest absolute Gasteiger partial charge is 0.301 e. The maximum atomic E-state index is 14.0. The molecule has 0 radical (unpaired) electrons. The number of carbonyl (C=O) groups excluding carboxylic acids is 2. The number of benzene rings is 4. The maximum absolute atomic E-state index is 14.0. The van der Waals surface area contributed by atoms with Crippen LogP contribution in [-0.2, 0) is 9.59 Å². The SMILES string of the molecule is CCCCOc1cccc(/C(O)=C2\C(=O)C(=O)N(c3nc4ccc(F)cc4s3)C2c2cccc(Oc3ccccc3)c2)c1. The van der Waals surface area contributed by atoms with Crippen LogP contribution in [0.3, 0.4) is 0 Å². The minimum absolute atomic E-state index is 0.0991. The number of fused-ring (bicyclic) bond motifs is 1. The number of thiazole rings is 1. The summed E-state index contributed by atoms with van der Waals surface area (Å²) < 4.78 is 26.4. The third-order valence-electron chi connectivity index (χ3n) is 7.02. The third kappa shape index (κ3) is 5.72. The summed E-state index contributed by atoms with van der Waals surface area (Å²) in [6, 6.07) is 26.1. The predicted octanol–water partition coefficient (Wildman–Crippen LogP) is 8.03. The highest BCUT2D eigenvalue weighted by molar-refractivity contribution is 7.22. The van der Waals surface area contributed by atoms with Crippen molar-refractivity contribution in [1.29, 1.82) is 0 Å². The Morgan fingerprint density at radius 1 is 0.930 bits per heavy atom. The first-order valence-corrected chi connectivity index (χ1v) is 14.7. The molecule has 6 rings (SSSR count). The van der Waals surface area contributed by atoms with Gasteiger partial charge in [-0.15, -0.1) is 0 Å². The summed E-state index contributed by atoms with van der Waals surface area (Å²) in [4.78, 5) is 33.2. The minimum Gasteiger partial charge on any atom is -0.507 e. The van der Waals surface area contributed by atoms with Gasteiger partial charge in [0.25, 0.3) is 5.78 Å². The number of ketones is 1. The van der Waals surface area contributed by atoms with Crippen LogP contribution in [0.5, 0.6) is 17.2 Å². The third-order valence-corrected chi connectivity index (χ3v) is 8.03. The van der Waals surface area contributed by atoms with E-state index in [1.807, 2.05) is 30.3 Å². The fourth-order valence-corrected chi connectivity index (χ4v) is 5.95. The molecule has 0 spiro atoms. The van der Waals surface area contributed by atoms with Gasteiger partial charge in [-0.25, -0.2) is 9.37 Å². The molecular weight excluding hydrogens is 567 g/mol. The van der Waals surface area contributed by atoms with Gasteiger partial charge in [0.05, 0.1) is 28.4 Å². The zero-order valence-corrected chi connectivity index (χ0v) is 24.0. The highest BCUT2D eigenvalue weighted by atomic mass is 32.1. The summed E-state index contributed by atoms with van der Waals surface area (Å²) in [6.07, 6.45) is 1.84. The number of carbonyl (C=O) groups is 2. The lowest BCUT2D eigenvalue weighted by molar-refractivity contribution is -0.132. The molecule has 2 heterocycles. The summed E-state index contributed by atoms with van der Waals surface area (Å²) in [7, 11) is 0. The quantitative estimate of drug-likeness (QED) is 0.0804. The second-order valence-electron chi connectivity index (χ2n) is 10.00. The van der Waals surface area contributed by atoms with Crippen molar-refractivity contribution in [3.05, 3.63) is 120 Å². The topological polar surface area (TPSA) is 89.0 Å². The van der Waals surface area contributed by atoms with Crippen molar-refractivity contribution in [2.75, 3.05) is 11.5 Å². The Bertz CT molecular complexity index is 1850. The van der Waals surface area contributed by atoms with Gasteiger partial charge in [-0.1, -0.05) is 67.1 Å². The Kier molecular flexibility index (Phi) is 7.89. The van der Waals surface area contributed by atoms with Gasteiger partial charge in [0.2, 0.25) is 0 Å². The predicted molar refractivity (Wildman–Crippen MR) is 164 cm³/mol. The number of aliphatic hydroxyl groups is 1. The number of hydrogen-bond donors (Lipinski definition) is 1. The average molecular weight is 595 g/mol. The number of nitrogens with zero attached hydrogens (tertiary/aromatic N) is 2. The first-order chi connectivity index (χ1) is 20.9. The van der Waals surface area contributed by atoms with E-state index in [1.165, 1.54) is 23.1 Å². The van der Waals surface area contributed by atoms with E-state index in [9.17, 15) is 19.1 Å². The van der Waals surface area contributed by atoms with Gasteiger partial charge in [-0.3, -0.25) is 14.5 Å². The van der Waals surface area contributed by atoms with Crippen molar-refractivity contribution < 1.29 is 28.6 Å². The van der Waals surface area contributed by atoms with E-state index < -0.39 is 23.5 Å². The van der Waals surface area contributed by atoms with E-state index in [-0.39, 0.29) is 16.5 Å². The summed E-state index contributed by atoms with van der Waals surface area (Å²) in [5.74, 6) is -0.861. The molecule has 1 amide bonds. The molecule has 9 heteroatoms. The number of aliphatic hydroxyl groups excluding tert-OH is 1. The number of halogens is 1. The number of ether oxygens (including phenoxy) is 2. The van der Waals surface area contributed by atoms with Crippen molar-refractivity contribution in [2.45, 2.75) is 25.8 Å². The molecule has 43 heavy (non-hydrogen) atoms. The largest absolute Gasteiger partial charge is 0.507 e. The van der Waals surface area contributed by atoms with Crippen LogP contribution in [-0.4, -0.2) is 28.4 Å². The lowest BCUT2D eigenvalue weighted by atomic mass is 9.95. The fourth-order valence-electron chi connectivity index (χ4n) is 4.93. The number of anilines is 1. The Morgan fingerprint density at radius 2 is 1.70 bits per heavy atom. The summed E-state index contributed by atoms with van der Waals surface area (Å²) in [6.45, 7) is 2.57. The molecule has 7 nitrogen and oxygen atoms in total. The Morgan fingerprint density at radius 3 is 2.51 bits per heavy atom. The van der Waals surface area contributed by atoms with Crippen LogP contribution in [0.2, 0.25) is 0 Å². The molecule has 1 saturated heterocycles. The molecule has 1 atom stereocenters. The number of hydrogen-bond acceptors (Lipinski definition) is 7. The summed E-state index contributed by atoms with van der Waals surface area (Å²) in [5.41, 5.74) is 1.24. The van der Waals surface area contributed by atoms with Gasteiger partial charge < -0.3 is 14.6 Å².